The predicted molar refractivity (Wildman–Crippen MR) is 103 cm³/mol. The number of aromatic nitrogens is 1. The van der Waals surface area contributed by atoms with E-state index >= 15 is 0 Å². The molecule has 1 aromatic rings. The first-order chi connectivity index (χ1) is 12.6. The van der Waals surface area contributed by atoms with Gasteiger partial charge in [-0.2, -0.15) is 0 Å². The molecule has 4 amide bonds. The van der Waals surface area contributed by atoms with Crippen molar-refractivity contribution in [3.05, 3.63) is 16.1 Å². The fraction of sp³-hybridized carbons (Fsp3) is 0.684. The summed E-state index contributed by atoms with van der Waals surface area (Å²) in [4.78, 5) is 43.1. The fourth-order valence-corrected chi connectivity index (χ4v) is 5.35. The van der Waals surface area contributed by atoms with Gasteiger partial charge in [-0.25, -0.2) is 9.78 Å². The Kier molecular flexibility index (Phi) is 5.29. The average Bonchev–Trinajstić information content (AvgIpc) is 3.02. The fourth-order valence-electron chi connectivity index (χ4n) is 4.70. The molecule has 0 bridgehead atoms. The highest BCUT2D eigenvalue weighted by Crippen LogP contribution is 2.46. The third kappa shape index (κ3) is 4.31. The molecule has 3 rings (SSSR count). The quantitative estimate of drug-likeness (QED) is 0.752. The Labute approximate surface area is 163 Å². The molecule has 2 fully saturated rings. The molecule has 1 spiro atoms. The van der Waals surface area contributed by atoms with Crippen LogP contribution in [0.4, 0.5) is 4.79 Å². The van der Waals surface area contributed by atoms with E-state index in [1.807, 2.05) is 12.3 Å². The van der Waals surface area contributed by atoms with Crippen molar-refractivity contribution in [2.24, 2.45) is 11.3 Å². The van der Waals surface area contributed by atoms with Crippen molar-refractivity contribution in [3.8, 4) is 0 Å². The number of carbonyl (C=O) groups is 3. The van der Waals surface area contributed by atoms with Gasteiger partial charge in [0.05, 0.1) is 10.7 Å². The van der Waals surface area contributed by atoms with Crippen molar-refractivity contribution in [2.45, 2.75) is 58.9 Å². The molecule has 1 aliphatic heterocycles. The van der Waals surface area contributed by atoms with Gasteiger partial charge in [-0.15, -0.1) is 11.3 Å². The number of carbonyl (C=O) groups excluding carboxylic acids is 3. The zero-order chi connectivity index (χ0) is 19.8. The second-order valence-corrected chi connectivity index (χ2v) is 9.78. The number of urea groups is 1. The lowest BCUT2D eigenvalue weighted by atomic mass is 9.64. The summed E-state index contributed by atoms with van der Waals surface area (Å²) < 4.78 is 0. The summed E-state index contributed by atoms with van der Waals surface area (Å²) in [7, 11) is 0. The zero-order valence-corrected chi connectivity index (χ0v) is 17.2. The summed E-state index contributed by atoms with van der Waals surface area (Å²) in [5, 5.41) is 8.63. The molecule has 27 heavy (non-hydrogen) atoms. The maximum atomic E-state index is 13.0. The molecule has 1 saturated heterocycles. The predicted octanol–water partition coefficient (Wildman–Crippen LogP) is 2.25. The van der Waals surface area contributed by atoms with Crippen LogP contribution in [-0.4, -0.2) is 46.4 Å². The van der Waals surface area contributed by atoms with Gasteiger partial charge in [0.2, 0.25) is 5.91 Å². The van der Waals surface area contributed by atoms with E-state index in [-0.39, 0.29) is 23.8 Å². The standard InChI is InChI=1S/C19H28N4O3S/c1-12-7-18(3,4)11-19(8-12)16(25)23(17(26)22-19)9-15(24)20-6-5-14-10-27-13(2)21-14/h10,12H,5-9,11H2,1-4H3,(H,20,24)(H,22,26)/t12-,19+/m0/s1. The molecule has 2 atom stereocenters. The van der Waals surface area contributed by atoms with Gasteiger partial charge < -0.3 is 10.6 Å². The summed E-state index contributed by atoms with van der Waals surface area (Å²) in [6.07, 6.45) is 2.89. The largest absolute Gasteiger partial charge is 0.354 e. The normalized spacial score (nSPS) is 27.1. The van der Waals surface area contributed by atoms with E-state index in [9.17, 15) is 14.4 Å². The molecule has 1 saturated carbocycles. The first kappa shape index (κ1) is 19.8. The number of nitrogens with one attached hydrogen (secondary N) is 2. The number of hydrogen-bond acceptors (Lipinski definition) is 5. The minimum Gasteiger partial charge on any atom is -0.354 e. The zero-order valence-electron chi connectivity index (χ0n) is 16.4. The van der Waals surface area contributed by atoms with Gasteiger partial charge in [-0.3, -0.25) is 14.5 Å². The Hall–Kier alpha value is -1.96. The van der Waals surface area contributed by atoms with Crippen LogP contribution in [0.1, 0.15) is 50.7 Å². The monoisotopic (exact) mass is 392 g/mol. The van der Waals surface area contributed by atoms with Gasteiger partial charge in [-0.05, 0) is 37.5 Å². The number of nitrogens with zero attached hydrogens (tertiary/aromatic N) is 2. The summed E-state index contributed by atoms with van der Waals surface area (Å²) >= 11 is 1.57. The van der Waals surface area contributed by atoms with Crippen LogP contribution in [-0.2, 0) is 16.0 Å². The lowest BCUT2D eigenvalue weighted by molar-refractivity contribution is -0.137. The van der Waals surface area contributed by atoms with E-state index in [1.54, 1.807) is 11.3 Å². The summed E-state index contributed by atoms with van der Waals surface area (Å²) in [6, 6.07) is -0.463. The molecule has 8 heteroatoms. The molecule has 0 unspecified atom stereocenters. The van der Waals surface area contributed by atoms with Crippen LogP contribution in [0.2, 0.25) is 0 Å². The van der Waals surface area contributed by atoms with Gasteiger partial charge in [-0.1, -0.05) is 20.8 Å². The van der Waals surface area contributed by atoms with E-state index in [0.717, 1.165) is 22.0 Å². The Morgan fingerprint density at radius 2 is 2.15 bits per heavy atom. The minimum atomic E-state index is -0.864. The highest BCUT2D eigenvalue weighted by Gasteiger charge is 2.56. The topological polar surface area (TPSA) is 91.4 Å². The molecular weight excluding hydrogens is 364 g/mol. The second kappa shape index (κ2) is 7.22. The van der Waals surface area contributed by atoms with Gasteiger partial charge in [0.15, 0.2) is 0 Å². The van der Waals surface area contributed by atoms with E-state index < -0.39 is 11.6 Å². The summed E-state index contributed by atoms with van der Waals surface area (Å²) in [5.74, 6) is -0.253. The Morgan fingerprint density at radius 1 is 1.41 bits per heavy atom. The van der Waals surface area contributed by atoms with Gasteiger partial charge >= 0.3 is 6.03 Å². The highest BCUT2D eigenvalue weighted by atomic mass is 32.1. The van der Waals surface area contributed by atoms with E-state index in [2.05, 4.69) is 36.4 Å². The first-order valence-corrected chi connectivity index (χ1v) is 10.3. The lowest BCUT2D eigenvalue weighted by Gasteiger charge is -2.43. The van der Waals surface area contributed by atoms with Gasteiger partial charge in [0, 0.05) is 18.3 Å². The maximum Gasteiger partial charge on any atom is 0.325 e. The molecule has 2 N–H and O–H groups in total. The number of thiazole rings is 1. The Morgan fingerprint density at radius 3 is 2.78 bits per heavy atom. The van der Waals surface area contributed by atoms with Crippen LogP contribution in [0.15, 0.2) is 5.38 Å². The van der Waals surface area contributed by atoms with Gasteiger partial charge in [0.1, 0.15) is 12.1 Å². The van der Waals surface area contributed by atoms with Crippen molar-refractivity contribution in [1.82, 2.24) is 20.5 Å². The number of rotatable bonds is 5. The van der Waals surface area contributed by atoms with Crippen LogP contribution in [0.25, 0.3) is 0 Å². The molecule has 1 aromatic heterocycles. The van der Waals surface area contributed by atoms with Crippen LogP contribution in [0.3, 0.4) is 0 Å². The van der Waals surface area contributed by atoms with Crippen molar-refractivity contribution in [2.75, 3.05) is 13.1 Å². The number of aryl methyl sites for hydroxylation is 1. The number of hydrogen-bond donors (Lipinski definition) is 2. The molecule has 1 aliphatic carbocycles. The molecule has 148 valence electrons. The van der Waals surface area contributed by atoms with Crippen LogP contribution in [0, 0.1) is 18.3 Å². The number of imide groups is 1. The highest BCUT2D eigenvalue weighted by molar-refractivity contribution is 7.09. The smallest absolute Gasteiger partial charge is 0.325 e. The molecule has 2 heterocycles. The maximum absolute atomic E-state index is 13.0. The summed E-state index contributed by atoms with van der Waals surface area (Å²) in [6.45, 7) is 8.49. The molecule has 0 radical (unpaired) electrons. The second-order valence-electron chi connectivity index (χ2n) is 8.72. The third-order valence-electron chi connectivity index (χ3n) is 5.30. The van der Waals surface area contributed by atoms with Crippen molar-refractivity contribution in [1.29, 1.82) is 0 Å². The van der Waals surface area contributed by atoms with Crippen LogP contribution >= 0.6 is 11.3 Å². The Balaban J connectivity index is 1.57. The van der Waals surface area contributed by atoms with E-state index in [0.29, 0.717) is 31.7 Å². The van der Waals surface area contributed by atoms with E-state index in [4.69, 9.17) is 0 Å². The minimum absolute atomic E-state index is 0.0233. The summed E-state index contributed by atoms with van der Waals surface area (Å²) in [5.41, 5.74) is 0.0476. The van der Waals surface area contributed by atoms with Crippen LogP contribution < -0.4 is 10.6 Å². The molecule has 2 aliphatic rings. The van der Waals surface area contributed by atoms with Gasteiger partial charge in [0.25, 0.3) is 5.91 Å². The van der Waals surface area contributed by atoms with Crippen molar-refractivity contribution < 1.29 is 14.4 Å². The van der Waals surface area contributed by atoms with E-state index in [1.165, 1.54) is 0 Å². The third-order valence-corrected chi connectivity index (χ3v) is 6.12. The Bertz CT molecular complexity index is 760. The van der Waals surface area contributed by atoms with Crippen LogP contribution in [0.5, 0.6) is 0 Å². The van der Waals surface area contributed by atoms with Crippen molar-refractivity contribution >= 4 is 29.2 Å². The molecular formula is C19H28N4O3S. The number of amides is 4. The molecule has 7 nitrogen and oxygen atoms in total. The van der Waals surface area contributed by atoms with Crippen molar-refractivity contribution in [3.63, 3.8) is 0 Å². The SMILES string of the molecule is Cc1nc(CCNC(=O)CN2C(=O)N[C@@]3(C[C@@H](C)CC(C)(C)C3)C2=O)cs1. The average molecular weight is 393 g/mol. The first-order valence-electron chi connectivity index (χ1n) is 9.42. The lowest BCUT2D eigenvalue weighted by Crippen LogP contribution is -2.54. The molecule has 0 aromatic carbocycles.